The lowest BCUT2D eigenvalue weighted by molar-refractivity contribution is -0.121. The van der Waals surface area contributed by atoms with E-state index in [0.29, 0.717) is 26.2 Å². The number of aromatic nitrogens is 3. The Morgan fingerprint density at radius 2 is 1.86 bits per heavy atom. The van der Waals surface area contributed by atoms with Crippen LogP contribution in [-0.2, 0) is 17.9 Å². The maximum Gasteiger partial charge on any atom is 0.337 e. The molecule has 4 aromatic rings. The van der Waals surface area contributed by atoms with Crippen LogP contribution < -0.4 is 26.0 Å². The number of carbonyl (C=O) groups is 1. The minimum Gasteiger partial charge on any atom is -0.493 e. The number of hydrogen-bond acceptors (Lipinski definition) is 8. The van der Waals surface area contributed by atoms with Gasteiger partial charge in [-0.05, 0) is 24.0 Å². The summed E-state index contributed by atoms with van der Waals surface area (Å²) in [6.07, 6.45) is 0. The van der Waals surface area contributed by atoms with Crippen LogP contribution in [0.3, 0.4) is 0 Å². The van der Waals surface area contributed by atoms with Gasteiger partial charge in [-0.3, -0.25) is 14.2 Å². The largest absolute Gasteiger partial charge is 0.493 e. The molecule has 0 saturated heterocycles. The minimum absolute atomic E-state index is 0.170. The molecule has 0 unspecified atom stereocenters. The van der Waals surface area contributed by atoms with E-state index < -0.39 is 17.2 Å². The zero-order chi connectivity index (χ0) is 24.9. The first-order chi connectivity index (χ1) is 17.0. The van der Waals surface area contributed by atoms with Crippen molar-refractivity contribution in [2.75, 3.05) is 20.0 Å². The number of nitrogens with zero attached hydrogens (tertiary/aromatic N) is 3. The van der Waals surface area contributed by atoms with E-state index >= 15 is 0 Å². The van der Waals surface area contributed by atoms with Crippen LogP contribution in [0, 0.1) is 0 Å². The van der Waals surface area contributed by atoms with Crippen molar-refractivity contribution in [1.29, 1.82) is 0 Å². The molecule has 0 atom stereocenters. The van der Waals surface area contributed by atoms with Crippen LogP contribution in [-0.4, -0.2) is 40.0 Å². The van der Waals surface area contributed by atoms with Gasteiger partial charge < -0.3 is 14.8 Å². The quantitative estimate of drug-likeness (QED) is 0.344. The first kappa shape index (κ1) is 24.6. The number of benzene rings is 2. The number of carbonyl (C=O) groups excluding carboxylic acids is 1. The number of thiazole rings is 1. The Morgan fingerprint density at radius 1 is 1.09 bits per heavy atom. The van der Waals surface area contributed by atoms with E-state index in [9.17, 15) is 14.4 Å². The Hall–Kier alpha value is -3.57. The number of nitrogens with one attached hydrogen (secondary N) is 1. The molecule has 11 heteroatoms. The highest BCUT2D eigenvalue weighted by Crippen LogP contribution is 2.30. The third-order valence-electron chi connectivity index (χ3n) is 5.21. The van der Waals surface area contributed by atoms with Gasteiger partial charge >= 0.3 is 5.69 Å². The van der Waals surface area contributed by atoms with Crippen molar-refractivity contribution in [2.24, 2.45) is 0 Å². The Labute approximate surface area is 209 Å². The molecule has 0 aliphatic rings. The van der Waals surface area contributed by atoms with Crippen molar-refractivity contribution in [2.45, 2.75) is 24.4 Å². The lowest BCUT2D eigenvalue weighted by Crippen LogP contribution is -2.41. The molecule has 4 rings (SSSR count). The summed E-state index contributed by atoms with van der Waals surface area (Å²) in [5.74, 6) is 1.43. The average molecular weight is 513 g/mol. The normalized spacial score (nSPS) is 10.9. The molecule has 0 saturated carbocycles. The van der Waals surface area contributed by atoms with Crippen molar-refractivity contribution in [1.82, 2.24) is 19.4 Å². The second-order valence-electron chi connectivity index (χ2n) is 7.34. The highest BCUT2D eigenvalue weighted by Gasteiger charge is 2.21. The molecule has 0 bridgehead atoms. The van der Waals surface area contributed by atoms with E-state index in [1.807, 2.05) is 13.0 Å². The fourth-order valence-corrected chi connectivity index (χ4v) is 5.60. The SMILES string of the molecule is CCSc1nc2c(s1)c(=O)n(-c1ccccc1)c(=O)n2CC(=O)NCc1cccc(OC)c1OC. The number of methoxy groups -OCH3 is 2. The molecule has 1 N–H and O–H groups in total. The summed E-state index contributed by atoms with van der Waals surface area (Å²) in [4.78, 5) is 44.1. The van der Waals surface area contributed by atoms with Crippen LogP contribution in [0.1, 0.15) is 12.5 Å². The molecule has 182 valence electrons. The predicted molar refractivity (Wildman–Crippen MR) is 137 cm³/mol. The zero-order valence-corrected chi connectivity index (χ0v) is 21.1. The average Bonchev–Trinajstić information content (AvgIpc) is 3.30. The maximum absolute atomic E-state index is 13.4. The predicted octanol–water partition coefficient (Wildman–Crippen LogP) is 3.05. The third kappa shape index (κ3) is 4.96. The van der Waals surface area contributed by atoms with Crippen LogP contribution in [0.25, 0.3) is 16.0 Å². The van der Waals surface area contributed by atoms with Crippen molar-refractivity contribution in [3.8, 4) is 17.2 Å². The van der Waals surface area contributed by atoms with E-state index in [2.05, 4.69) is 10.3 Å². The van der Waals surface area contributed by atoms with Gasteiger partial charge in [0.1, 0.15) is 11.2 Å². The van der Waals surface area contributed by atoms with Crippen molar-refractivity contribution >= 4 is 39.4 Å². The summed E-state index contributed by atoms with van der Waals surface area (Å²) >= 11 is 2.70. The van der Waals surface area contributed by atoms with Crippen LogP contribution in [0.15, 0.2) is 62.5 Å². The summed E-state index contributed by atoms with van der Waals surface area (Å²) in [5.41, 5.74) is 0.290. The number of ether oxygens (including phenoxy) is 2. The van der Waals surface area contributed by atoms with Gasteiger partial charge in [0.25, 0.3) is 5.56 Å². The summed E-state index contributed by atoms with van der Waals surface area (Å²) in [5, 5.41) is 2.82. The van der Waals surface area contributed by atoms with Crippen LogP contribution in [0.4, 0.5) is 0 Å². The second-order valence-corrected chi connectivity index (χ2v) is 9.85. The molecule has 9 nitrogen and oxygen atoms in total. The molecule has 2 aromatic carbocycles. The Morgan fingerprint density at radius 3 is 2.54 bits per heavy atom. The topological polar surface area (TPSA) is 104 Å². The van der Waals surface area contributed by atoms with Crippen LogP contribution >= 0.6 is 23.1 Å². The van der Waals surface area contributed by atoms with Crippen molar-refractivity contribution in [3.05, 3.63) is 74.9 Å². The monoisotopic (exact) mass is 512 g/mol. The standard InChI is InChI=1S/C24H24N4O5S2/c1-4-34-23-26-21-20(35-23)22(30)28(16-10-6-5-7-11-16)24(31)27(21)14-18(29)25-13-15-9-8-12-17(32-2)19(15)33-3/h5-12H,4,13-14H2,1-3H3,(H,25,29). The van der Waals surface area contributed by atoms with E-state index in [0.717, 1.165) is 15.9 Å². The lowest BCUT2D eigenvalue weighted by Gasteiger charge is -2.14. The Kier molecular flexibility index (Phi) is 7.57. The van der Waals surface area contributed by atoms with Gasteiger partial charge in [-0.25, -0.2) is 14.3 Å². The molecule has 0 aliphatic carbocycles. The fraction of sp³-hybridized carbons (Fsp3) is 0.250. The number of fused-ring (bicyclic) bond motifs is 1. The van der Waals surface area contributed by atoms with Crippen LogP contribution in [0.5, 0.6) is 11.5 Å². The van der Waals surface area contributed by atoms with Crippen LogP contribution in [0.2, 0.25) is 0 Å². The van der Waals surface area contributed by atoms with Gasteiger partial charge in [0.05, 0.1) is 19.9 Å². The summed E-state index contributed by atoms with van der Waals surface area (Å²) in [6, 6.07) is 14.0. The first-order valence-electron chi connectivity index (χ1n) is 10.8. The van der Waals surface area contributed by atoms with E-state index in [1.54, 1.807) is 49.6 Å². The molecule has 1 amide bonds. The van der Waals surface area contributed by atoms with Gasteiger partial charge in [-0.2, -0.15) is 0 Å². The summed E-state index contributed by atoms with van der Waals surface area (Å²) < 4.78 is 14.0. The molecular formula is C24H24N4O5S2. The summed E-state index contributed by atoms with van der Waals surface area (Å²) in [6.45, 7) is 1.85. The second kappa shape index (κ2) is 10.8. The van der Waals surface area contributed by atoms with Gasteiger partial charge in [0, 0.05) is 12.1 Å². The van der Waals surface area contributed by atoms with Gasteiger partial charge in [0.15, 0.2) is 21.5 Å². The van der Waals surface area contributed by atoms with Gasteiger partial charge in [-0.1, -0.05) is 49.0 Å². The Bertz CT molecular complexity index is 1480. The molecular weight excluding hydrogens is 488 g/mol. The summed E-state index contributed by atoms with van der Waals surface area (Å²) in [7, 11) is 3.07. The maximum atomic E-state index is 13.4. The van der Waals surface area contributed by atoms with Crippen molar-refractivity contribution in [3.63, 3.8) is 0 Å². The number of amides is 1. The third-order valence-corrected chi connectivity index (χ3v) is 7.27. The molecule has 0 spiro atoms. The Balaban J connectivity index is 1.71. The highest BCUT2D eigenvalue weighted by molar-refractivity contribution is 8.01. The minimum atomic E-state index is -0.624. The van der Waals surface area contributed by atoms with Gasteiger partial charge in [-0.15, -0.1) is 11.3 Å². The first-order valence-corrected chi connectivity index (χ1v) is 12.6. The molecule has 2 aromatic heterocycles. The molecule has 0 fully saturated rings. The van der Waals surface area contributed by atoms with Gasteiger partial charge in [0.2, 0.25) is 5.91 Å². The number of hydrogen-bond donors (Lipinski definition) is 1. The van der Waals surface area contributed by atoms with E-state index in [1.165, 1.54) is 34.8 Å². The number of thioether (sulfide) groups is 1. The fourth-order valence-electron chi connectivity index (χ4n) is 3.63. The number of para-hydroxylation sites is 2. The molecule has 0 aliphatic heterocycles. The smallest absolute Gasteiger partial charge is 0.337 e. The zero-order valence-electron chi connectivity index (χ0n) is 19.4. The molecule has 2 heterocycles. The molecule has 35 heavy (non-hydrogen) atoms. The number of rotatable bonds is 9. The molecule has 0 radical (unpaired) electrons. The lowest BCUT2D eigenvalue weighted by atomic mass is 10.2. The van der Waals surface area contributed by atoms with E-state index in [4.69, 9.17) is 9.47 Å². The van der Waals surface area contributed by atoms with E-state index in [-0.39, 0.29) is 18.7 Å². The highest BCUT2D eigenvalue weighted by atomic mass is 32.2. The van der Waals surface area contributed by atoms with Crippen molar-refractivity contribution < 1.29 is 14.3 Å².